The van der Waals surface area contributed by atoms with Crippen LogP contribution in [0.25, 0.3) is 0 Å². The van der Waals surface area contributed by atoms with Crippen molar-refractivity contribution in [3.05, 3.63) is 59.2 Å². The number of anilines is 1. The maximum Gasteiger partial charge on any atom is 0.310 e. The highest BCUT2D eigenvalue weighted by Gasteiger charge is 2.33. The molecule has 26 heavy (non-hydrogen) atoms. The lowest BCUT2D eigenvalue weighted by molar-refractivity contribution is -0.134. The normalized spacial score (nSPS) is 12.8. The molecule has 132 valence electrons. The van der Waals surface area contributed by atoms with Gasteiger partial charge in [-0.05, 0) is 30.3 Å². The zero-order valence-corrected chi connectivity index (χ0v) is 14.2. The largest absolute Gasteiger partial charge is 0.426 e. The van der Waals surface area contributed by atoms with Crippen LogP contribution >= 0.6 is 0 Å². The third-order valence-electron chi connectivity index (χ3n) is 3.96. The van der Waals surface area contributed by atoms with Crippen molar-refractivity contribution in [1.82, 2.24) is 4.90 Å². The Kier molecular flexibility index (Phi) is 4.53. The summed E-state index contributed by atoms with van der Waals surface area (Å²) in [5.74, 6) is -1.32. The van der Waals surface area contributed by atoms with Gasteiger partial charge in [0.2, 0.25) is 0 Å². The smallest absolute Gasteiger partial charge is 0.310 e. The average Bonchev–Trinajstić information content (AvgIpc) is 2.86. The molecule has 0 unspecified atom stereocenters. The summed E-state index contributed by atoms with van der Waals surface area (Å²) in [5.41, 5.74) is 1.17. The summed E-state index contributed by atoms with van der Waals surface area (Å²) in [7, 11) is 1.40. The van der Waals surface area contributed by atoms with E-state index in [1.54, 1.807) is 25.1 Å². The number of hydrogen-bond acceptors (Lipinski definition) is 5. The van der Waals surface area contributed by atoms with Crippen molar-refractivity contribution < 1.29 is 23.9 Å². The van der Waals surface area contributed by atoms with Gasteiger partial charge in [0, 0.05) is 30.8 Å². The van der Waals surface area contributed by atoms with E-state index in [1.807, 2.05) is 0 Å². The van der Waals surface area contributed by atoms with Crippen LogP contribution in [0.4, 0.5) is 5.69 Å². The number of nitrogens with zero attached hydrogens (tertiary/aromatic N) is 1. The van der Waals surface area contributed by atoms with Crippen LogP contribution < -0.4 is 10.1 Å². The highest BCUT2D eigenvalue weighted by atomic mass is 16.5. The number of amides is 3. The molecule has 0 fully saturated rings. The predicted molar refractivity (Wildman–Crippen MR) is 93.2 cm³/mol. The van der Waals surface area contributed by atoms with Crippen LogP contribution in [0.5, 0.6) is 5.75 Å². The number of ether oxygens (including phenoxy) is 1. The number of carbonyl (C=O) groups excluding carboxylic acids is 4. The fourth-order valence-electron chi connectivity index (χ4n) is 2.55. The van der Waals surface area contributed by atoms with E-state index in [9.17, 15) is 19.2 Å². The second-order valence-electron chi connectivity index (χ2n) is 5.74. The minimum atomic E-state index is -0.443. The molecule has 0 aliphatic carbocycles. The molecule has 1 heterocycles. The summed E-state index contributed by atoms with van der Waals surface area (Å²) < 4.78 is 5.11. The summed E-state index contributed by atoms with van der Waals surface area (Å²) in [4.78, 5) is 48.7. The Bertz CT molecular complexity index is 935. The van der Waals surface area contributed by atoms with Crippen LogP contribution in [-0.4, -0.2) is 35.6 Å². The van der Waals surface area contributed by atoms with E-state index in [0.717, 1.165) is 4.90 Å². The van der Waals surface area contributed by atoms with Gasteiger partial charge in [0.15, 0.2) is 0 Å². The lowest BCUT2D eigenvalue weighted by Crippen LogP contribution is -2.24. The van der Waals surface area contributed by atoms with Gasteiger partial charge < -0.3 is 10.1 Å². The van der Waals surface area contributed by atoms with Crippen LogP contribution in [0.15, 0.2) is 42.5 Å². The maximum atomic E-state index is 12.4. The van der Waals surface area contributed by atoms with E-state index < -0.39 is 11.8 Å². The van der Waals surface area contributed by atoms with Gasteiger partial charge in [0.05, 0.1) is 11.1 Å². The molecule has 1 aliphatic heterocycles. The van der Waals surface area contributed by atoms with E-state index in [1.165, 1.54) is 31.3 Å². The van der Waals surface area contributed by atoms with E-state index in [-0.39, 0.29) is 35.0 Å². The lowest BCUT2D eigenvalue weighted by Gasteiger charge is -2.08. The van der Waals surface area contributed by atoms with Gasteiger partial charge in [-0.15, -0.1) is 0 Å². The Balaban J connectivity index is 1.80. The standard InChI is InChI=1S/C19H16N2O5/c1-3-16(22)26-13-6-4-5-12(10-13)20-17(23)11-7-8-14-15(9-11)19(25)21(2)18(14)24/h4-10H,3H2,1-2H3,(H,20,23). The number of imide groups is 1. The number of rotatable bonds is 4. The predicted octanol–water partition coefficient (Wildman–Crippen LogP) is 2.48. The molecule has 0 saturated heterocycles. The van der Waals surface area contributed by atoms with Gasteiger partial charge in [-0.1, -0.05) is 13.0 Å². The van der Waals surface area contributed by atoms with Crippen LogP contribution in [-0.2, 0) is 4.79 Å². The molecule has 1 N–H and O–H groups in total. The number of hydrogen-bond donors (Lipinski definition) is 1. The molecule has 1 aliphatic rings. The first-order valence-electron chi connectivity index (χ1n) is 7.99. The Labute approximate surface area is 149 Å². The van der Waals surface area contributed by atoms with Crippen molar-refractivity contribution in [3.63, 3.8) is 0 Å². The lowest BCUT2D eigenvalue weighted by atomic mass is 10.1. The average molecular weight is 352 g/mol. The Morgan fingerprint density at radius 2 is 1.77 bits per heavy atom. The fraction of sp³-hybridized carbons (Fsp3) is 0.158. The van der Waals surface area contributed by atoms with Crippen molar-refractivity contribution in [2.75, 3.05) is 12.4 Å². The van der Waals surface area contributed by atoms with Crippen molar-refractivity contribution in [2.24, 2.45) is 0 Å². The number of carbonyl (C=O) groups is 4. The quantitative estimate of drug-likeness (QED) is 0.518. The second kappa shape index (κ2) is 6.79. The van der Waals surface area contributed by atoms with Gasteiger partial charge in [0.1, 0.15) is 5.75 Å². The first-order chi connectivity index (χ1) is 12.4. The van der Waals surface area contributed by atoms with Crippen molar-refractivity contribution in [3.8, 4) is 5.75 Å². The zero-order chi connectivity index (χ0) is 18.8. The third kappa shape index (κ3) is 3.19. The van der Waals surface area contributed by atoms with Crippen molar-refractivity contribution in [2.45, 2.75) is 13.3 Å². The van der Waals surface area contributed by atoms with Gasteiger partial charge in [-0.3, -0.25) is 24.1 Å². The monoisotopic (exact) mass is 352 g/mol. The Morgan fingerprint density at radius 3 is 2.50 bits per heavy atom. The molecule has 0 spiro atoms. The summed E-state index contributed by atoms with van der Waals surface area (Å²) in [6.45, 7) is 1.69. The minimum absolute atomic E-state index is 0.204. The topological polar surface area (TPSA) is 92.8 Å². The zero-order valence-electron chi connectivity index (χ0n) is 14.2. The SMILES string of the molecule is CCC(=O)Oc1cccc(NC(=O)c2ccc3c(c2)C(=O)N(C)C3=O)c1. The van der Waals surface area contributed by atoms with Gasteiger partial charge >= 0.3 is 5.97 Å². The first kappa shape index (κ1) is 17.3. The number of fused-ring (bicyclic) bond motifs is 1. The van der Waals surface area contributed by atoms with Gasteiger partial charge in [-0.25, -0.2) is 0 Å². The van der Waals surface area contributed by atoms with Gasteiger partial charge in [-0.2, -0.15) is 0 Å². The second-order valence-corrected chi connectivity index (χ2v) is 5.74. The maximum absolute atomic E-state index is 12.4. The first-order valence-corrected chi connectivity index (χ1v) is 7.99. The van der Waals surface area contributed by atoms with Crippen LogP contribution in [0.2, 0.25) is 0 Å². The molecule has 0 saturated carbocycles. The molecule has 0 aromatic heterocycles. The highest BCUT2D eigenvalue weighted by molar-refractivity contribution is 6.22. The van der Waals surface area contributed by atoms with Crippen molar-refractivity contribution >= 4 is 29.4 Å². The molecule has 7 heteroatoms. The summed E-state index contributed by atoms with van der Waals surface area (Å²) in [6.07, 6.45) is 0.243. The third-order valence-corrected chi connectivity index (χ3v) is 3.96. The number of nitrogens with one attached hydrogen (secondary N) is 1. The molecule has 2 aromatic carbocycles. The van der Waals surface area contributed by atoms with E-state index in [0.29, 0.717) is 11.4 Å². The number of esters is 1. The molecule has 3 amide bonds. The minimum Gasteiger partial charge on any atom is -0.426 e. The molecular formula is C19H16N2O5. The Hall–Kier alpha value is -3.48. The molecule has 3 rings (SSSR count). The van der Waals surface area contributed by atoms with E-state index >= 15 is 0 Å². The van der Waals surface area contributed by atoms with Crippen LogP contribution in [0.1, 0.15) is 44.4 Å². The van der Waals surface area contributed by atoms with Crippen molar-refractivity contribution in [1.29, 1.82) is 0 Å². The van der Waals surface area contributed by atoms with Gasteiger partial charge in [0.25, 0.3) is 17.7 Å². The Morgan fingerprint density at radius 1 is 1.04 bits per heavy atom. The molecule has 0 bridgehead atoms. The molecular weight excluding hydrogens is 336 g/mol. The van der Waals surface area contributed by atoms with E-state index in [2.05, 4.69) is 5.32 Å². The fourth-order valence-corrected chi connectivity index (χ4v) is 2.55. The molecule has 0 radical (unpaired) electrons. The van der Waals surface area contributed by atoms with Crippen LogP contribution in [0, 0.1) is 0 Å². The van der Waals surface area contributed by atoms with E-state index in [4.69, 9.17) is 4.74 Å². The van der Waals surface area contributed by atoms with Crippen LogP contribution in [0.3, 0.4) is 0 Å². The summed E-state index contributed by atoms with van der Waals surface area (Å²) in [5, 5.41) is 2.68. The molecule has 2 aromatic rings. The number of benzene rings is 2. The summed E-state index contributed by atoms with van der Waals surface area (Å²) in [6, 6.07) is 10.8. The molecule has 7 nitrogen and oxygen atoms in total. The summed E-state index contributed by atoms with van der Waals surface area (Å²) >= 11 is 0. The molecule has 0 atom stereocenters. The highest BCUT2D eigenvalue weighted by Crippen LogP contribution is 2.24.